The molecule has 9 heteroatoms. The van der Waals surface area contributed by atoms with E-state index in [1.54, 1.807) is 26.4 Å². The number of alkyl halides is 3. The second kappa shape index (κ2) is 12.3. The molecule has 3 aromatic rings. The fourth-order valence-corrected chi connectivity index (χ4v) is 4.75. The van der Waals surface area contributed by atoms with E-state index in [0.717, 1.165) is 36.8 Å². The molecule has 6 nitrogen and oxygen atoms in total. The van der Waals surface area contributed by atoms with Crippen molar-refractivity contribution in [3.8, 4) is 5.75 Å². The largest absolute Gasteiger partial charge is 0.488 e. The van der Waals surface area contributed by atoms with Crippen LogP contribution in [0, 0.1) is 0 Å². The highest BCUT2D eigenvalue weighted by atomic mass is 19.4. The molecule has 1 aliphatic carbocycles. The average Bonchev–Trinajstić information content (AvgIpc) is 2.94. The smallest absolute Gasteiger partial charge is 0.471 e. The third-order valence-corrected chi connectivity index (χ3v) is 6.88. The van der Waals surface area contributed by atoms with Crippen LogP contribution in [0.15, 0.2) is 66.9 Å². The van der Waals surface area contributed by atoms with Crippen molar-refractivity contribution >= 4 is 17.5 Å². The molecule has 0 bridgehead atoms. The summed E-state index contributed by atoms with van der Waals surface area (Å²) in [6.07, 6.45) is 2.27. The van der Waals surface area contributed by atoms with Crippen LogP contribution in [0.4, 0.5) is 18.9 Å². The lowest BCUT2D eigenvalue weighted by Gasteiger charge is -2.25. The van der Waals surface area contributed by atoms with Gasteiger partial charge >= 0.3 is 12.1 Å². The number of hydrogen-bond donors (Lipinski definition) is 0. The Balaban J connectivity index is 1.65. The molecular formula is C30H32F3N3O3. The molecule has 1 saturated carbocycles. The Morgan fingerprint density at radius 1 is 0.974 bits per heavy atom. The Hall–Kier alpha value is -3.88. The first-order valence-electron chi connectivity index (χ1n) is 13.0. The van der Waals surface area contributed by atoms with Crippen molar-refractivity contribution in [1.29, 1.82) is 0 Å². The zero-order valence-corrected chi connectivity index (χ0v) is 22.1. The molecule has 1 heterocycles. The van der Waals surface area contributed by atoms with Crippen molar-refractivity contribution < 1.29 is 27.5 Å². The van der Waals surface area contributed by atoms with Gasteiger partial charge in [0.25, 0.3) is 5.91 Å². The van der Waals surface area contributed by atoms with E-state index >= 15 is 0 Å². The molecule has 206 valence electrons. The van der Waals surface area contributed by atoms with Gasteiger partial charge in [-0.3, -0.25) is 19.5 Å². The summed E-state index contributed by atoms with van der Waals surface area (Å²) >= 11 is 0. The van der Waals surface area contributed by atoms with Gasteiger partial charge in [-0.25, -0.2) is 0 Å². The van der Waals surface area contributed by atoms with Crippen LogP contribution in [-0.2, 0) is 17.9 Å². The van der Waals surface area contributed by atoms with Crippen molar-refractivity contribution in [1.82, 2.24) is 9.88 Å². The molecule has 0 spiro atoms. The summed E-state index contributed by atoms with van der Waals surface area (Å²) in [7, 11) is 3.14. The zero-order chi connectivity index (χ0) is 28.0. The molecule has 1 aromatic heterocycles. The summed E-state index contributed by atoms with van der Waals surface area (Å²) in [5, 5.41) is 0. The molecular weight excluding hydrogens is 507 g/mol. The van der Waals surface area contributed by atoms with E-state index in [0.29, 0.717) is 16.5 Å². The Bertz CT molecular complexity index is 1270. The minimum Gasteiger partial charge on any atom is -0.488 e. The number of aromatic nitrogens is 1. The molecule has 1 aliphatic rings. The van der Waals surface area contributed by atoms with Gasteiger partial charge < -0.3 is 9.64 Å². The first-order chi connectivity index (χ1) is 18.6. The van der Waals surface area contributed by atoms with Crippen LogP contribution in [0.1, 0.15) is 65.2 Å². The van der Waals surface area contributed by atoms with Crippen molar-refractivity contribution in [2.45, 2.75) is 57.3 Å². The Morgan fingerprint density at radius 2 is 1.69 bits per heavy atom. The van der Waals surface area contributed by atoms with Gasteiger partial charge in [0, 0.05) is 32.0 Å². The number of halogens is 3. The van der Waals surface area contributed by atoms with E-state index in [1.165, 1.54) is 29.5 Å². The number of benzene rings is 2. The first-order valence-corrected chi connectivity index (χ1v) is 13.0. The number of anilines is 1. The lowest BCUT2D eigenvalue weighted by molar-refractivity contribution is -0.170. The standard InChI is InChI=1S/C30H32F3N3O3/c1-35(2)28(37)26-16-15-25(17-27(26)39-20-21-9-5-3-6-10-21)36(29(38)30(31,32)33)19-24-14-13-23(18-34-24)22-11-7-4-8-12-22/h3,5-6,9-10,13-18,22H,4,7-8,11-12,19-20H2,1-2H3. The van der Waals surface area contributed by atoms with Crippen molar-refractivity contribution in [3.63, 3.8) is 0 Å². The zero-order valence-electron chi connectivity index (χ0n) is 22.1. The van der Waals surface area contributed by atoms with E-state index < -0.39 is 12.1 Å². The minimum absolute atomic E-state index is 0.0474. The normalized spacial score (nSPS) is 14.1. The van der Waals surface area contributed by atoms with E-state index in [1.807, 2.05) is 36.4 Å². The molecule has 1 fully saturated rings. The maximum atomic E-state index is 13.7. The predicted octanol–water partition coefficient (Wildman–Crippen LogP) is 6.51. The highest BCUT2D eigenvalue weighted by Gasteiger charge is 2.43. The average molecular weight is 540 g/mol. The topological polar surface area (TPSA) is 62.7 Å². The molecule has 0 aliphatic heterocycles. The molecule has 0 radical (unpaired) electrons. The summed E-state index contributed by atoms with van der Waals surface area (Å²) in [5.41, 5.74) is 2.34. The number of carbonyl (C=O) groups is 2. The van der Waals surface area contributed by atoms with E-state index in [2.05, 4.69) is 4.98 Å². The van der Waals surface area contributed by atoms with Crippen molar-refractivity contribution in [2.75, 3.05) is 19.0 Å². The first kappa shape index (κ1) is 28.1. The van der Waals surface area contributed by atoms with Crippen molar-refractivity contribution in [2.24, 2.45) is 0 Å². The fraction of sp³-hybridized carbons (Fsp3) is 0.367. The lowest BCUT2D eigenvalue weighted by Crippen LogP contribution is -2.41. The van der Waals surface area contributed by atoms with Gasteiger partial charge in [0.1, 0.15) is 12.4 Å². The number of nitrogens with zero attached hydrogens (tertiary/aromatic N) is 3. The molecule has 39 heavy (non-hydrogen) atoms. The SMILES string of the molecule is CN(C)C(=O)c1ccc(N(Cc2ccc(C3CCCCC3)cn2)C(=O)C(F)(F)F)cc1OCc1ccccc1. The lowest BCUT2D eigenvalue weighted by atomic mass is 9.85. The van der Waals surface area contributed by atoms with E-state index in [-0.39, 0.29) is 36.1 Å². The summed E-state index contributed by atoms with van der Waals surface area (Å²) < 4.78 is 46.9. The third kappa shape index (κ3) is 7.16. The summed E-state index contributed by atoms with van der Waals surface area (Å²) in [5.74, 6) is -1.92. The van der Waals surface area contributed by atoms with Crippen LogP contribution < -0.4 is 9.64 Å². The van der Waals surface area contributed by atoms with Gasteiger partial charge in [-0.05, 0) is 48.1 Å². The molecule has 0 atom stereocenters. The van der Waals surface area contributed by atoms with Crippen molar-refractivity contribution in [3.05, 3.63) is 89.2 Å². The summed E-state index contributed by atoms with van der Waals surface area (Å²) in [6.45, 7) is -0.294. The highest BCUT2D eigenvalue weighted by molar-refractivity contribution is 6.00. The monoisotopic (exact) mass is 539 g/mol. The van der Waals surface area contributed by atoms with E-state index in [9.17, 15) is 22.8 Å². The molecule has 2 amide bonds. The fourth-order valence-electron chi connectivity index (χ4n) is 4.75. The van der Waals surface area contributed by atoms with Crippen LogP contribution in [0.5, 0.6) is 5.75 Å². The number of pyridine rings is 1. The van der Waals surface area contributed by atoms with Gasteiger partial charge in [0.05, 0.1) is 17.8 Å². The van der Waals surface area contributed by atoms with Crippen LogP contribution in [-0.4, -0.2) is 42.0 Å². The van der Waals surface area contributed by atoms with Crippen LogP contribution in [0.2, 0.25) is 0 Å². The van der Waals surface area contributed by atoms with Crippen LogP contribution in [0.25, 0.3) is 0 Å². The molecule has 2 aromatic carbocycles. The Kier molecular flexibility index (Phi) is 8.89. The highest BCUT2D eigenvalue weighted by Crippen LogP contribution is 2.34. The number of amides is 2. The number of hydrogen-bond acceptors (Lipinski definition) is 4. The quantitative estimate of drug-likeness (QED) is 0.328. The molecule has 0 N–H and O–H groups in total. The predicted molar refractivity (Wildman–Crippen MR) is 143 cm³/mol. The van der Waals surface area contributed by atoms with Crippen LogP contribution >= 0.6 is 0 Å². The van der Waals surface area contributed by atoms with Gasteiger partial charge in [0.2, 0.25) is 0 Å². The van der Waals surface area contributed by atoms with E-state index in [4.69, 9.17) is 4.74 Å². The molecule has 4 rings (SSSR count). The summed E-state index contributed by atoms with van der Waals surface area (Å²) in [4.78, 5) is 31.7. The summed E-state index contributed by atoms with van der Waals surface area (Å²) in [6, 6.07) is 16.8. The number of carbonyl (C=O) groups excluding carboxylic acids is 2. The van der Waals surface area contributed by atoms with Gasteiger partial charge in [-0.15, -0.1) is 0 Å². The third-order valence-electron chi connectivity index (χ3n) is 6.88. The van der Waals surface area contributed by atoms with Gasteiger partial charge in [0.15, 0.2) is 0 Å². The second-order valence-electron chi connectivity index (χ2n) is 9.96. The second-order valence-corrected chi connectivity index (χ2v) is 9.96. The Morgan fingerprint density at radius 3 is 2.31 bits per heavy atom. The maximum Gasteiger partial charge on any atom is 0.471 e. The van der Waals surface area contributed by atoms with Gasteiger partial charge in [-0.1, -0.05) is 55.7 Å². The van der Waals surface area contributed by atoms with Crippen LogP contribution in [0.3, 0.4) is 0 Å². The minimum atomic E-state index is -5.11. The number of ether oxygens (including phenoxy) is 1. The molecule has 0 unspecified atom stereocenters. The maximum absolute atomic E-state index is 13.7. The molecule has 0 saturated heterocycles. The van der Waals surface area contributed by atoms with Gasteiger partial charge in [-0.2, -0.15) is 13.2 Å². The number of rotatable bonds is 8. The Labute approximate surface area is 226 Å².